The van der Waals surface area contributed by atoms with E-state index in [4.69, 9.17) is 25.5 Å². The van der Waals surface area contributed by atoms with Crippen molar-refractivity contribution in [2.24, 2.45) is 5.41 Å². The van der Waals surface area contributed by atoms with E-state index in [0.29, 0.717) is 6.42 Å². The fraction of sp³-hybridized carbons (Fsp3) is 0.500. The highest BCUT2D eigenvalue weighted by Crippen LogP contribution is 2.32. The minimum Gasteiger partial charge on any atom is -0.460 e. The van der Waals surface area contributed by atoms with Gasteiger partial charge in [-0.3, -0.25) is 4.79 Å². The van der Waals surface area contributed by atoms with Crippen molar-refractivity contribution in [3.8, 4) is 0 Å². The number of ether oxygens (including phenoxy) is 1. The van der Waals surface area contributed by atoms with E-state index in [1.54, 1.807) is 6.08 Å². The van der Waals surface area contributed by atoms with Gasteiger partial charge in [-0.1, -0.05) is 26.0 Å². The molecule has 0 saturated heterocycles. The summed E-state index contributed by atoms with van der Waals surface area (Å²) in [5.41, 5.74) is 1.43. The first-order chi connectivity index (χ1) is 11.1. The lowest BCUT2D eigenvalue weighted by atomic mass is 9.77. The molecule has 0 aromatic heterocycles. The van der Waals surface area contributed by atoms with Gasteiger partial charge in [0.1, 0.15) is 6.61 Å². The lowest BCUT2D eigenvalue weighted by molar-refractivity contribution is -0.138. The third-order valence-electron chi connectivity index (χ3n) is 2.32. The molecule has 0 bridgehead atoms. The third kappa shape index (κ3) is 21.6. The van der Waals surface area contributed by atoms with Crippen LogP contribution in [0, 0.1) is 16.2 Å². The van der Waals surface area contributed by atoms with E-state index in [9.17, 15) is 9.59 Å². The number of hydrogen-bond acceptors (Lipinski definition) is 8. The van der Waals surface area contributed by atoms with Crippen molar-refractivity contribution in [2.45, 2.75) is 33.6 Å². The number of hydrogen-bond donors (Lipinski definition) is 3. The van der Waals surface area contributed by atoms with Crippen LogP contribution in [0.2, 0.25) is 0 Å². The minimum atomic E-state index is -0.501. The van der Waals surface area contributed by atoms with Gasteiger partial charge in [-0.25, -0.2) is 25.2 Å². The number of ketones is 1. The zero-order chi connectivity index (χ0) is 19.6. The largest absolute Gasteiger partial charge is 0.460 e. The van der Waals surface area contributed by atoms with Crippen molar-refractivity contribution >= 4 is 23.9 Å². The number of carbonyl (C=O) groups excluding carboxylic acids is 4. The summed E-state index contributed by atoms with van der Waals surface area (Å²) in [4.78, 5) is 37.8. The van der Waals surface area contributed by atoms with Crippen molar-refractivity contribution in [3.05, 3.63) is 24.3 Å². The maximum Gasteiger partial charge on any atom is 0.330 e. The van der Waals surface area contributed by atoms with Crippen molar-refractivity contribution in [3.63, 3.8) is 0 Å². The maximum atomic E-state index is 11.0. The monoisotopic (exact) mass is 340 g/mol. The molecule has 0 heterocycles. The van der Waals surface area contributed by atoms with Crippen LogP contribution in [0.4, 0.5) is 0 Å². The Kier molecular flexibility index (Phi) is 18.3. The number of aliphatic hydroxyl groups is 1. The van der Waals surface area contributed by atoms with Gasteiger partial charge < -0.3 is 9.84 Å². The van der Waals surface area contributed by atoms with Gasteiger partial charge in [0, 0.05) is 12.5 Å². The number of carbonyl (C=O) groups is 2. The van der Waals surface area contributed by atoms with Gasteiger partial charge in [-0.05, 0) is 24.8 Å². The molecular weight excluding hydrogens is 316 g/mol. The molecule has 0 aromatic rings. The first-order valence-electron chi connectivity index (χ1n) is 6.81. The Morgan fingerprint density at radius 3 is 2.12 bits per heavy atom. The highest BCUT2D eigenvalue weighted by molar-refractivity contribution is 5.91. The molecule has 0 aromatic carbocycles. The zero-order valence-corrected chi connectivity index (χ0v) is 14.2. The normalized spacial score (nSPS) is 13.5. The van der Waals surface area contributed by atoms with Gasteiger partial charge in [-0.15, -0.1) is 0 Å². The van der Waals surface area contributed by atoms with Gasteiger partial charge in [-0.2, -0.15) is 0 Å². The summed E-state index contributed by atoms with van der Waals surface area (Å²) in [5.74, 6) is -0.215. The molecule has 0 saturated carbocycles. The van der Waals surface area contributed by atoms with Crippen LogP contribution in [-0.4, -0.2) is 42.2 Å². The topological polar surface area (TPSA) is 145 Å². The Morgan fingerprint density at radius 2 is 1.83 bits per heavy atom. The molecule has 3 N–H and O–H groups in total. The van der Waals surface area contributed by atoms with Crippen LogP contribution >= 0.6 is 0 Å². The molecule has 24 heavy (non-hydrogen) atoms. The molecule has 1 aliphatic carbocycles. The lowest BCUT2D eigenvalue weighted by Gasteiger charge is -2.27. The predicted octanol–water partition coefficient (Wildman–Crippen LogP) is 1.83. The smallest absolute Gasteiger partial charge is 0.330 e. The second-order valence-corrected chi connectivity index (χ2v) is 5.27. The fourth-order valence-electron chi connectivity index (χ4n) is 1.87. The van der Waals surface area contributed by atoms with Gasteiger partial charge in [0.05, 0.1) is 6.61 Å². The Balaban J connectivity index is -0.000000282. The van der Waals surface area contributed by atoms with Gasteiger partial charge in [0.15, 0.2) is 5.78 Å². The molecular formula is C16H24N2O6. The molecule has 134 valence electrons. The van der Waals surface area contributed by atoms with E-state index in [-0.39, 0.29) is 24.4 Å². The summed E-state index contributed by atoms with van der Waals surface area (Å²) in [6, 6.07) is 0. The molecule has 0 amide bonds. The van der Waals surface area contributed by atoms with Crippen LogP contribution in [-0.2, 0) is 23.9 Å². The van der Waals surface area contributed by atoms with E-state index < -0.39 is 5.97 Å². The first kappa shape index (κ1) is 26.2. The van der Waals surface area contributed by atoms with E-state index in [1.165, 1.54) is 5.57 Å². The Bertz CT molecular complexity index is 485. The molecule has 1 aliphatic rings. The molecule has 8 heteroatoms. The van der Waals surface area contributed by atoms with Gasteiger partial charge in [0.2, 0.25) is 12.2 Å². The predicted molar refractivity (Wildman–Crippen MR) is 86.8 cm³/mol. The molecule has 0 spiro atoms. The van der Waals surface area contributed by atoms with E-state index in [0.717, 1.165) is 24.7 Å². The van der Waals surface area contributed by atoms with Crippen LogP contribution in [0.1, 0.15) is 33.6 Å². The Morgan fingerprint density at radius 1 is 1.38 bits per heavy atom. The average Bonchev–Trinajstić information content (AvgIpc) is 2.44. The number of isocyanates is 2. The Hall–Kier alpha value is -2.66. The highest BCUT2D eigenvalue weighted by atomic mass is 16.5. The molecule has 0 fully saturated rings. The van der Waals surface area contributed by atoms with Crippen molar-refractivity contribution in [1.29, 1.82) is 10.8 Å². The lowest BCUT2D eigenvalue weighted by Crippen LogP contribution is -2.20. The quantitative estimate of drug-likeness (QED) is 0.309. The molecule has 8 nitrogen and oxygen atoms in total. The second-order valence-electron chi connectivity index (χ2n) is 5.27. The summed E-state index contributed by atoms with van der Waals surface area (Å²) < 4.78 is 4.33. The van der Waals surface area contributed by atoms with Crippen LogP contribution in [0.25, 0.3) is 0 Å². The standard InChI is InChI=1S/C9H14O.C5H8O3.2CHNO/c1-7-4-8(10)6-9(2,3)5-7;1-2-5(7)8-4-3-6;2*2-1-3/h4H,5-6H2,1-3H3;2,6H,1,3-4H2;2*2H. The number of allylic oxidation sites excluding steroid dienone is 2. The van der Waals surface area contributed by atoms with Crippen LogP contribution in [0.3, 0.4) is 0 Å². The summed E-state index contributed by atoms with van der Waals surface area (Å²) >= 11 is 0. The summed E-state index contributed by atoms with van der Waals surface area (Å²) in [7, 11) is 0. The molecule has 0 aliphatic heterocycles. The van der Waals surface area contributed by atoms with E-state index in [2.05, 4.69) is 25.2 Å². The van der Waals surface area contributed by atoms with E-state index >= 15 is 0 Å². The minimum absolute atomic E-state index is 0.0465. The van der Waals surface area contributed by atoms with Gasteiger partial charge in [0.25, 0.3) is 0 Å². The van der Waals surface area contributed by atoms with Crippen LogP contribution < -0.4 is 0 Å². The SMILES string of the molecule is C=CC(=O)OCCO.CC1=CC(=O)CC(C)(C)C1.N=C=O.N=C=O. The van der Waals surface area contributed by atoms with Gasteiger partial charge >= 0.3 is 5.97 Å². The molecule has 0 atom stereocenters. The number of rotatable bonds is 3. The third-order valence-corrected chi connectivity index (χ3v) is 2.32. The van der Waals surface area contributed by atoms with Crippen LogP contribution in [0.15, 0.2) is 24.3 Å². The van der Waals surface area contributed by atoms with Crippen LogP contribution in [0.5, 0.6) is 0 Å². The maximum absolute atomic E-state index is 11.0. The van der Waals surface area contributed by atoms with Crippen molar-refractivity contribution < 1.29 is 29.0 Å². The zero-order valence-electron chi connectivity index (χ0n) is 14.2. The Labute approximate surface area is 141 Å². The second kappa shape index (κ2) is 16.7. The number of nitrogens with one attached hydrogen (secondary N) is 2. The number of aliphatic hydroxyl groups excluding tert-OH is 1. The van der Waals surface area contributed by atoms with Crippen molar-refractivity contribution in [1.82, 2.24) is 0 Å². The highest BCUT2D eigenvalue weighted by Gasteiger charge is 2.25. The summed E-state index contributed by atoms with van der Waals surface area (Å²) in [5, 5.41) is 18.9. The molecule has 0 radical (unpaired) electrons. The first-order valence-corrected chi connectivity index (χ1v) is 6.81. The summed E-state index contributed by atoms with van der Waals surface area (Å²) in [6.07, 6.45) is 6.10. The molecule has 1 rings (SSSR count). The average molecular weight is 340 g/mol. The van der Waals surface area contributed by atoms with E-state index in [1.807, 2.05) is 6.92 Å². The number of esters is 1. The fourth-order valence-corrected chi connectivity index (χ4v) is 1.87. The van der Waals surface area contributed by atoms with Crippen molar-refractivity contribution in [2.75, 3.05) is 13.2 Å². The molecule has 0 unspecified atom stereocenters. The summed E-state index contributed by atoms with van der Waals surface area (Å²) in [6.45, 7) is 9.37.